The van der Waals surface area contributed by atoms with Gasteiger partial charge in [0.2, 0.25) is 0 Å². The molecule has 1 atom stereocenters. The molecule has 0 spiro atoms. The van der Waals surface area contributed by atoms with Crippen LogP contribution >= 0.6 is 11.3 Å². The average molecular weight is 358 g/mol. The van der Waals surface area contributed by atoms with Crippen molar-refractivity contribution in [2.24, 2.45) is 0 Å². The lowest BCUT2D eigenvalue weighted by Crippen LogP contribution is -2.39. The van der Waals surface area contributed by atoms with Crippen LogP contribution in [0.1, 0.15) is 60.6 Å². The molecule has 1 fully saturated rings. The topological polar surface area (TPSA) is 70.5 Å². The van der Waals surface area contributed by atoms with Gasteiger partial charge < -0.3 is 10.0 Å². The van der Waals surface area contributed by atoms with Crippen LogP contribution in [0.5, 0.6) is 0 Å². The zero-order chi connectivity index (χ0) is 18.1. The van der Waals surface area contributed by atoms with E-state index in [4.69, 9.17) is 0 Å². The maximum absolute atomic E-state index is 12.9. The number of aromatic nitrogens is 1. The van der Waals surface area contributed by atoms with E-state index >= 15 is 0 Å². The maximum Gasteiger partial charge on any atom is 0.335 e. The van der Waals surface area contributed by atoms with Crippen LogP contribution in [0, 0.1) is 20.8 Å². The van der Waals surface area contributed by atoms with Gasteiger partial charge >= 0.3 is 5.97 Å². The molecule has 1 aliphatic rings. The van der Waals surface area contributed by atoms with E-state index in [1.165, 1.54) is 10.9 Å². The van der Waals surface area contributed by atoms with E-state index in [0.717, 1.165) is 29.1 Å². The van der Waals surface area contributed by atoms with Crippen molar-refractivity contribution < 1.29 is 14.7 Å². The lowest BCUT2D eigenvalue weighted by atomic mass is 9.97. The van der Waals surface area contributed by atoms with Gasteiger partial charge in [-0.05, 0) is 57.4 Å². The fourth-order valence-electron chi connectivity index (χ4n) is 3.25. The van der Waals surface area contributed by atoms with Gasteiger partial charge in [0.1, 0.15) is 0 Å². The van der Waals surface area contributed by atoms with Gasteiger partial charge in [0.25, 0.3) is 5.91 Å². The summed E-state index contributed by atoms with van der Waals surface area (Å²) in [6.45, 7) is 7.24. The zero-order valence-corrected chi connectivity index (χ0v) is 15.5. The smallest absolute Gasteiger partial charge is 0.335 e. The Labute approximate surface area is 151 Å². The molecule has 1 saturated heterocycles. The van der Waals surface area contributed by atoms with Crippen LogP contribution in [0.3, 0.4) is 0 Å². The van der Waals surface area contributed by atoms with Crippen molar-refractivity contribution in [3.05, 3.63) is 50.5 Å². The first-order chi connectivity index (χ1) is 11.8. The summed E-state index contributed by atoms with van der Waals surface area (Å²) in [7, 11) is 0. The predicted molar refractivity (Wildman–Crippen MR) is 97.6 cm³/mol. The first-order valence-electron chi connectivity index (χ1n) is 8.43. The molecule has 1 amide bonds. The molecule has 25 heavy (non-hydrogen) atoms. The average Bonchev–Trinajstić information content (AvgIpc) is 2.93. The van der Waals surface area contributed by atoms with E-state index in [1.54, 1.807) is 23.5 Å². The summed E-state index contributed by atoms with van der Waals surface area (Å²) >= 11 is 1.71. The lowest BCUT2D eigenvalue weighted by Gasteiger charge is -2.32. The molecule has 1 N–H and O–H groups in total. The monoisotopic (exact) mass is 358 g/mol. The van der Waals surface area contributed by atoms with Crippen LogP contribution in [-0.2, 0) is 0 Å². The predicted octanol–water partition coefficient (Wildman–Crippen LogP) is 3.79. The van der Waals surface area contributed by atoms with Gasteiger partial charge in [-0.2, -0.15) is 0 Å². The number of aryl methyl sites for hydroxylation is 3. The zero-order valence-electron chi connectivity index (χ0n) is 14.7. The van der Waals surface area contributed by atoms with Crippen molar-refractivity contribution in [2.45, 2.75) is 39.5 Å². The number of hydrogen-bond acceptors (Lipinski definition) is 4. The van der Waals surface area contributed by atoms with E-state index in [-0.39, 0.29) is 17.4 Å². The highest BCUT2D eigenvalue weighted by molar-refractivity contribution is 7.11. The third-order valence-corrected chi connectivity index (χ3v) is 5.91. The fourth-order valence-corrected chi connectivity index (χ4v) is 4.30. The van der Waals surface area contributed by atoms with Crippen molar-refractivity contribution in [3.63, 3.8) is 0 Å². The van der Waals surface area contributed by atoms with Crippen molar-refractivity contribution in [2.75, 3.05) is 13.1 Å². The van der Waals surface area contributed by atoms with E-state index in [9.17, 15) is 14.7 Å². The number of hydrogen-bond donors (Lipinski definition) is 1. The molecular formula is C19H22N2O3S. The molecule has 1 unspecified atom stereocenters. The summed E-state index contributed by atoms with van der Waals surface area (Å²) in [5.74, 6) is -0.845. The van der Waals surface area contributed by atoms with Gasteiger partial charge in [-0.1, -0.05) is 0 Å². The maximum atomic E-state index is 12.9. The van der Waals surface area contributed by atoms with E-state index in [1.807, 2.05) is 18.7 Å². The Kier molecular flexibility index (Phi) is 4.90. The Morgan fingerprint density at radius 2 is 1.92 bits per heavy atom. The molecule has 132 valence electrons. The first kappa shape index (κ1) is 17.6. The number of benzene rings is 1. The Morgan fingerprint density at radius 3 is 2.56 bits per heavy atom. The number of carboxylic acid groups (broad SMARTS) is 1. The van der Waals surface area contributed by atoms with Crippen LogP contribution in [0.15, 0.2) is 18.2 Å². The molecule has 2 aromatic rings. The largest absolute Gasteiger partial charge is 0.478 e. The standard InChI is InChI=1S/C19H22N2O3S/c1-11-7-15(9-16(8-11)19(23)24)18(22)21-6-4-5-14(10-21)17-20-12(2)13(3)25-17/h7-9,14H,4-6,10H2,1-3H3,(H,23,24). The summed E-state index contributed by atoms with van der Waals surface area (Å²) in [5, 5.41) is 10.3. The van der Waals surface area contributed by atoms with Gasteiger partial charge in [0.05, 0.1) is 16.3 Å². The number of carbonyl (C=O) groups excluding carboxylic acids is 1. The normalized spacial score (nSPS) is 17.6. The minimum atomic E-state index is -1.01. The fraction of sp³-hybridized carbons (Fsp3) is 0.421. The molecule has 0 radical (unpaired) electrons. The molecule has 1 aromatic heterocycles. The third-order valence-electron chi connectivity index (χ3n) is 4.67. The molecule has 2 heterocycles. The molecule has 6 heteroatoms. The van der Waals surface area contributed by atoms with E-state index < -0.39 is 5.97 Å². The quantitative estimate of drug-likeness (QED) is 0.906. The SMILES string of the molecule is Cc1cc(C(=O)O)cc(C(=O)N2CCCC(c3nc(C)c(C)s3)C2)c1. The second-order valence-electron chi connectivity index (χ2n) is 6.68. The Hall–Kier alpha value is -2.21. The van der Waals surface area contributed by atoms with Gasteiger partial charge in [-0.25, -0.2) is 9.78 Å². The molecule has 3 rings (SSSR count). The first-order valence-corrected chi connectivity index (χ1v) is 9.25. The van der Waals surface area contributed by atoms with Gasteiger partial charge in [0, 0.05) is 29.4 Å². The van der Waals surface area contributed by atoms with Crippen molar-refractivity contribution in [1.29, 1.82) is 0 Å². The molecule has 0 aliphatic carbocycles. The summed E-state index contributed by atoms with van der Waals surface area (Å²) in [6.07, 6.45) is 1.97. The summed E-state index contributed by atoms with van der Waals surface area (Å²) in [4.78, 5) is 31.8. The number of likely N-dealkylation sites (tertiary alicyclic amines) is 1. The van der Waals surface area contributed by atoms with Crippen LogP contribution in [0.25, 0.3) is 0 Å². The summed E-state index contributed by atoms with van der Waals surface area (Å²) in [5.41, 5.74) is 2.45. The molecule has 1 aliphatic heterocycles. The number of thiazole rings is 1. The highest BCUT2D eigenvalue weighted by Crippen LogP contribution is 2.31. The number of aromatic carboxylic acids is 1. The number of piperidine rings is 1. The Morgan fingerprint density at radius 1 is 1.20 bits per heavy atom. The summed E-state index contributed by atoms with van der Waals surface area (Å²) in [6, 6.07) is 4.81. The van der Waals surface area contributed by atoms with Gasteiger partial charge in [-0.3, -0.25) is 4.79 Å². The molecular weight excluding hydrogens is 336 g/mol. The third kappa shape index (κ3) is 3.74. The lowest BCUT2D eigenvalue weighted by molar-refractivity contribution is 0.0696. The van der Waals surface area contributed by atoms with E-state index in [0.29, 0.717) is 18.7 Å². The number of amides is 1. The number of carboxylic acids is 1. The number of rotatable bonds is 3. The van der Waals surface area contributed by atoms with Crippen LogP contribution in [0.2, 0.25) is 0 Å². The van der Waals surface area contributed by atoms with Crippen LogP contribution in [0.4, 0.5) is 0 Å². The van der Waals surface area contributed by atoms with Crippen LogP contribution < -0.4 is 0 Å². The van der Waals surface area contributed by atoms with Crippen LogP contribution in [-0.4, -0.2) is 40.0 Å². The summed E-state index contributed by atoms with van der Waals surface area (Å²) < 4.78 is 0. The Balaban J connectivity index is 1.81. The van der Waals surface area contributed by atoms with Crippen molar-refractivity contribution in [1.82, 2.24) is 9.88 Å². The highest BCUT2D eigenvalue weighted by atomic mass is 32.1. The van der Waals surface area contributed by atoms with E-state index in [2.05, 4.69) is 11.9 Å². The number of carbonyl (C=O) groups is 2. The molecule has 1 aromatic carbocycles. The Bertz CT molecular complexity index is 809. The highest BCUT2D eigenvalue weighted by Gasteiger charge is 2.28. The number of nitrogens with zero attached hydrogens (tertiary/aromatic N) is 2. The minimum absolute atomic E-state index is 0.0964. The second-order valence-corrected chi connectivity index (χ2v) is 7.91. The van der Waals surface area contributed by atoms with Gasteiger partial charge in [-0.15, -0.1) is 11.3 Å². The van der Waals surface area contributed by atoms with Crippen molar-refractivity contribution in [3.8, 4) is 0 Å². The molecule has 0 bridgehead atoms. The second kappa shape index (κ2) is 6.96. The van der Waals surface area contributed by atoms with Crippen molar-refractivity contribution >= 4 is 23.2 Å². The molecule has 5 nitrogen and oxygen atoms in total. The molecule has 0 saturated carbocycles. The van der Waals surface area contributed by atoms with Gasteiger partial charge in [0.15, 0.2) is 0 Å². The minimum Gasteiger partial charge on any atom is -0.478 e.